The summed E-state index contributed by atoms with van der Waals surface area (Å²) in [6.07, 6.45) is -4.74. The normalized spacial score (nSPS) is 12.0. The minimum atomic E-state index is -4.74. The molecule has 1 heterocycles. The summed E-state index contributed by atoms with van der Waals surface area (Å²) in [5.74, 6) is -5.49. The molecule has 0 atom stereocenters. The van der Waals surface area contributed by atoms with Crippen LogP contribution < -0.4 is 0 Å². The minimum Gasteiger partial charge on any atom is -0.505 e. The van der Waals surface area contributed by atoms with Crippen LogP contribution in [0.5, 0.6) is 11.6 Å². The van der Waals surface area contributed by atoms with Gasteiger partial charge in [-0.25, -0.2) is 18.0 Å². The maximum atomic E-state index is 14.6. The molecular formula is C30H19F6N3O4. The molecule has 43 heavy (non-hydrogen) atoms. The van der Waals surface area contributed by atoms with Crippen molar-refractivity contribution < 1.29 is 46.5 Å². The molecule has 0 unspecified atom stereocenters. The molecule has 0 radical (unpaired) electrons. The van der Waals surface area contributed by atoms with E-state index in [0.29, 0.717) is 0 Å². The van der Waals surface area contributed by atoms with Crippen LogP contribution in [0.1, 0.15) is 27.0 Å². The SMILES string of the molecule is Cc1cc(-n2c(O)c(N=Nc3cc(F)cc(-c4ccc(F)c(C(=O)O)c4)c3O)c3ccc(C(F)(F)F)cc32)cc(C)c1F. The highest BCUT2D eigenvalue weighted by Gasteiger charge is 2.32. The van der Waals surface area contributed by atoms with Crippen LogP contribution in [-0.4, -0.2) is 25.9 Å². The molecule has 0 spiro atoms. The van der Waals surface area contributed by atoms with Crippen LogP contribution in [0.15, 0.2) is 70.9 Å². The molecule has 0 aliphatic rings. The summed E-state index contributed by atoms with van der Waals surface area (Å²) < 4.78 is 84.6. The van der Waals surface area contributed by atoms with Gasteiger partial charge in [0.15, 0.2) is 11.4 Å². The van der Waals surface area contributed by atoms with E-state index in [4.69, 9.17) is 0 Å². The van der Waals surface area contributed by atoms with Gasteiger partial charge < -0.3 is 15.3 Å². The molecule has 5 aromatic rings. The first-order valence-electron chi connectivity index (χ1n) is 12.4. The number of fused-ring (bicyclic) bond motifs is 1. The van der Waals surface area contributed by atoms with E-state index in [-0.39, 0.29) is 44.5 Å². The molecule has 3 N–H and O–H groups in total. The maximum absolute atomic E-state index is 14.6. The molecule has 0 aliphatic carbocycles. The standard InChI is InChI=1S/C30H19F6N3O4/c1-13-7-18(8-14(2)25(13)33)39-24-10-16(30(34,35)36)4-5-19(24)26(28(39)41)38-37-23-12-17(31)11-20(27(23)40)15-3-6-22(32)21(9-15)29(42)43/h3-12,40-41H,1-2H3,(H,42,43). The Labute approximate surface area is 238 Å². The third-order valence-corrected chi connectivity index (χ3v) is 6.74. The summed E-state index contributed by atoms with van der Waals surface area (Å²) in [6, 6.07) is 9.68. The summed E-state index contributed by atoms with van der Waals surface area (Å²) in [7, 11) is 0. The van der Waals surface area contributed by atoms with Crippen LogP contribution in [0.25, 0.3) is 27.7 Å². The fourth-order valence-corrected chi connectivity index (χ4v) is 4.69. The Bertz CT molecular complexity index is 1960. The van der Waals surface area contributed by atoms with Gasteiger partial charge >= 0.3 is 12.1 Å². The summed E-state index contributed by atoms with van der Waals surface area (Å²) in [4.78, 5) is 11.3. The molecule has 0 bridgehead atoms. The monoisotopic (exact) mass is 599 g/mol. The molecule has 0 amide bonds. The molecule has 13 heteroatoms. The number of alkyl halides is 3. The van der Waals surface area contributed by atoms with Crippen LogP contribution in [0.4, 0.5) is 37.7 Å². The quantitative estimate of drug-likeness (QED) is 0.139. The molecule has 0 saturated carbocycles. The van der Waals surface area contributed by atoms with Gasteiger partial charge in [-0.15, -0.1) is 10.2 Å². The third-order valence-electron chi connectivity index (χ3n) is 6.74. The summed E-state index contributed by atoms with van der Waals surface area (Å²) in [6.45, 7) is 2.89. The number of hydrogen-bond donors (Lipinski definition) is 3. The maximum Gasteiger partial charge on any atom is 0.416 e. The number of carboxylic acid groups (broad SMARTS) is 1. The number of nitrogens with zero attached hydrogens (tertiary/aromatic N) is 3. The average Bonchev–Trinajstić information content (AvgIpc) is 3.21. The second-order valence-corrected chi connectivity index (χ2v) is 9.65. The van der Waals surface area contributed by atoms with E-state index in [9.17, 15) is 46.5 Å². The second kappa shape index (κ2) is 10.5. The van der Waals surface area contributed by atoms with Crippen LogP contribution in [0, 0.1) is 31.3 Å². The number of aromatic carboxylic acids is 1. The minimum absolute atomic E-state index is 0.00497. The lowest BCUT2D eigenvalue weighted by atomic mass is 10.0. The van der Waals surface area contributed by atoms with E-state index in [0.717, 1.165) is 53.1 Å². The topological polar surface area (TPSA) is 107 Å². The number of phenolic OH excluding ortho intramolecular Hbond substituents is 1. The van der Waals surface area contributed by atoms with Crippen molar-refractivity contribution >= 4 is 28.2 Å². The highest BCUT2D eigenvalue weighted by atomic mass is 19.4. The Hall–Kier alpha value is -5.33. The molecule has 220 valence electrons. The first-order chi connectivity index (χ1) is 20.2. The van der Waals surface area contributed by atoms with Gasteiger partial charge in [-0.2, -0.15) is 13.2 Å². The smallest absolute Gasteiger partial charge is 0.416 e. The highest BCUT2D eigenvalue weighted by Crippen LogP contribution is 2.45. The number of phenols is 1. The van der Waals surface area contributed by atoms with Crippen molar-refractivity contribution in [1.29, 1.82) is 0 Å². The predicted molar refractivity (Wildman–Crippen MR) is 144 cm³/mol. The largest absolute Gasteiger partial charge is 0.505 e. The van der Waals surface area contributed by atoms with Crippen LogP contribution in [0.3, 0.4) is 0 Å². The van der Waals surface area contributed by atoms with Gasteiger partial charge in [-0.1, -0.05) is 6.07 Å². The van der Waals surface area contributed by atoms with Gasteiger partial charge in [-0.3, -0.25) is 4.57 Å². The van der Waals surface area contributed by atoms with Crippen molar-refractivity contribution in [2.24, 2.45) is 10.2 Å². The lowest BCUT2D eigenvalue weighted by Gasteiger charge is -2.12. The van der Waals surface area contributed by atoms with Crippen LogP contribution >= 0.6 is 0 Å². The zero-order valence-electron chi connectivity index (χ0n) is 22.1. The fourth-order valence-electron chi connectivity index (χ4n) is 4.69. The van der Waals surface area contributed by atoms with E-state index in [1.807, 2.05) is 0 Å². The number of hydrogen-bond acceptors (Lipinski definition) is 5. The number of carboxylic acids is 1. The van der Waals surface area contributed by atoms with Gasteiger partial charge in [0.1, 0.15) is 23.1 Å². The summed E-state index contributed by atoms with van der Waals surface area (Å²) in [5, 5.41) is 38.9. The lowest BCUT2D eigenvalue weighted by molar-refractivity contribution is -0.137. The van der Waals surface area contributed by atoms with Crippen molar-refractivity contribution in [2.45, 2.75) is 20.0 Å². The van der Waals surface area contributed by atoms with Gasteiger partial charge in [0, 0.05) is 22.7 Å². The van der Waals surface area contributed by atoms with Crippen molar-refractivity contribution in [3.8, 4) is 28.4 Å². The van der Waals surface area contributed by atoms with Crippen molar-refractivity contribution in [3.05, 3.63) is 100 Å². The van der Waals surface area contributed by atoms with E-state index < -0.39 is 58.0 Å². The van der Waals surface area contributed by atoms with Crippen LogP contribution in [-0.2, 0) is 6.18 Å². The molecular weight excluding hydrogens is 580 g/mol. The van der Waals surface area contributed by atoms with Gasteiger partial charge in [-0.05, 0) is 79.1 Å². The van der Waals surface area contributed by atoms with E-state index in [1.54, 1.807) is 0 Å². The van der Waals surface area contributed by atoms with E-state index >= 15 is 0 Å². The van der Waals surface area contributed by atoms with Crippen LogP contribution in [0.2, 0.25) is 0 Å². The Balaban J connectivity index is 1.70. The molecule has 7 nitrogen and oxygen atoms in total. The number of halogens is 6. The number of azo groups is 1. The number of rotatable bonds is 5. The van der Waals surface area contributed by atoms with Gasteiger partial charge in [0.05, 0.1) is 16.6 Å². The number of carbonyl (C=O) groups is 1. The second-order valence-electron chi connectivity index (χ2n) is 9.65. The number of aromatic hydroxyl groups is 2. The van der Waals surface area contributed by atoms with E-state index in [1.165, 1.54) is 26.0 Å². The van der Waals surface area contributed by atoms with E-state index in [2.05, 4.69) is 10.2 Å². The summed E-state index contributed by atoms with van der Waals surface area (Å²) in [5.41, 5.74) is -2.61. The fraction of sp³-hybridized carbons (Fsp3) is 0.100. The molecule has 0 fully saturated rings. The summed E-state index contributed by atoms with van der Waals surface area (Å²) >= 11 is 0. The third kappa shape index (κ3) is 5.25. The number of aryl methyl sites for hydroxylation is 2. The highest BCUT2D eigenvalue weighted by molar-refractivity contribution is 5.97. The molecule has 0 saturated heterocycles. The number of aromatic nitrogens is 1. The Morgan fingerprint density at radius 3 is 2.16 bits per heavy atom. The lowest BCUT2D eigenvalue weighted by Crippen LogP contribution is -2.05. The molecule has 5 rings (SSSR count). The molecule has 1 aromatic heterocycles. The van der Waals surface area contributed by atoms with Crippen molar-refractivity contribution in [1.82, 2.24) is 4.57 Å². The zero-order chi connectivity index (χ0) is 31.4. The van der Waals surface area contributed by atoms with Gasteiger partial charge in [0.2, 0.25) is 5.88 Å². The van der Waals surface area contributed by atoms with Gasteiger partial charge in [0.25, 0.3) is 0 Å². The predicted octanol–water partition coefficient (Wildman–Crippen LogP) is 8.88. The first kappa shape index (κ1) is 29.2. The molecule has 4 aromatic carbocycles. The average molecular weight is 599 g/mol. The van der Waals surface area contributed by atoms with Crippen molar-refractivity contribution in [3.63, 3.8) is 0 Å². The molecule has 0 aliphatic heterocycles. The Morgan fingerprint density at radius 2 is 1.53 bits per heavy atom. The Morgan fingerprint density at radius 1 is 0.860 bits per heavy atom. The van der Waals surface area contributed by atoms with Crippen molar-refractivity contribution in [2.75, 3.05) is 0 Å². The number of benzene rings is 4. The zero-order valence-corrected chi connectivity index (χ0v) is 22.1. The Kier molecular flexibility index (Phi) is 7.12. The first-order valence-corrected chi connectivity index (χ1v) is 12.4.